The van der Waals surface area contributed by atoms with Crippen LogP contribution in [-0.4, -0.2) is 29.7 Å². The van der Waals surface area contributed by atoms with Crippen molar-refractivity contribution >= 4 is 21.8 Å². The summed E-state index contributed by atoms with van der Waals surface area (Å²) in [6, 6.07) is 7.60. The minimum atomic E-state index is -3.79. The number of aromatic amines is 1. The first-order valence-corrected chi connectivity index (χ1v) is 7.69. The van der Waals surface area contributed by atoms with Gasteiger partial charge >= 0.3 is 5.97 Å². The molecule has 0 aliphatic heterocycles. The number of H-pyrrole nitrogens is 1. The van der Waals surface area contributed by atoms with Crippen LogP contribution in [0.1, 0.15) is 35.8 Å². The van der Waals surface area contributed by atoms with Gasteiger partial charge in [-0.15, -0.1) is 0 Å². The number of hydrogen-bond donors (Lipinski definition) is 3. The Balaban J connectivity index is 2.22. The minimum absolute atomic E-state index is 0.0691. The maximum absolute atomic E-state index is 12.1. The van der Waals surface area contributed by atoms with E-state index in [2.05, 4.69) is 14.9 Å². The van der Waals surface area contributed by atoms with Crippen molar-refractivity contribution < 1.29 is 18.3 Å². The van der Waals surface area contributed by atoms with E-state index in [1.165, 1.54) is 12.1 Å². The largest absolute Gasteiger partial charge is 0.477 e. The van der Waals surface area contributed by atoms with E-state index < -0.39 is 16.0 Å². The number of carboxylic acids is 1. The van der Waals surface area contributed by atoms with Gasteiger partial charge in [0.15, 0.2) is 5.82 Å². The van der Waals surface area contributed by atoms with Crippen LogP contribution in [0.3, 0.4) is 0 Å². The second-order valence-corrected chi connectivity index (χ2v) is 6.48. The van der Waals surface area contributed by atoms with Gasteiger partial charge in [0, 0.05) is 6.07 Å². The standard InChI is InChI=1S/C13H15N3O4S/c1-8(2)9-3-5-10(6-4-9)21(19,20)16-12-7-11(13(17)18)14-15-12/h3-8H,1-2H3,(H,17,18)(H2,14,15,16). The SMILES string of the molecule is CC(C)c1ccc(S(=O)(=O)Nc2cc(C(=O)O)[nH]n2)cc1. The Morgan fingerprint density at radius 1 is 1.29 bits per heavy atom. The Kier molecular flexibility index (Phi) is 3.99. The van der Waals surface area contributed by atoms with Crippen molar-refractivity contribution in [3.63, 3.8) is 0 Å². The number of nitrogens with one attached hydrogen (secondary N) is 2. The normalized spacial score (nSPS) is 11.6. The number of rotatable bonds is 5. The second kappa shape index (κ2) is 5.57. The van der Waals surface area contributed by atoms with Crippen LogP contribution in [0, 0.1) is 0 Å². The lowest BCUT2D eigenvalue weighted by molar-refractivity contribution is 0.0690. The lowest BCUT2D eigenvalue weighted by Crippen LogP contribution is -2.13. The first kappa shape index (κ1) is 15.0. The molecule has 2 rings (SSSR count). The molecule has 0 saturated heterocycles. The smallest absolute Gasteiger partial charge is 0.353 e. The van der Waals surface area contributed by atoms with E-state index in [0.29, 0.717) is 5.92 Å². The van der Waals surface area contributed by atoms with Crippen molar-refractivity contribution in [3.05, 3.63) is 41.6 Å². The third-order valence-electron chi connectivity index (χ3n) is 2.90. The molecule has 0 radical (unpaired) electrons. The van der Waals surface area contributed by atoms with E-state index in [1.54, 1.807) is 12.1 Å². The number of carbonyl (C=O) groups is 1. The van der Waals surface area contributed by atoms with E-state index in [1.807, 2.05) is 13.8 Å². The summed E-state index contributed by atoms with van der Waals surface area (Å²) in [4.78, 5) is 10.8. The first-order valence-electron chi connectivity index (χ1n) is 6.21. The number of nitrogens with zero attached hydrogens (tertiary/aromatic N) is 1. The fraction of sp³-hybridized carbons (Fsp3) is 0.231. The topological polar surface area (TPSA) is 112 Å². The van der Waals surface area contributed by atoms with Crippen LogP contribution < -0.4 is 4.72 Å². The lowest BCUT2D eigenvalue weighted by Gasteiger charge is -2.08. The van der Waals surface area contributed by atoms with Crippen molar-refractivity contribution in [1.82, 2.24) is 10.2 Å². The Labute approximate surface area is 122 Å². The molecule has 0 bridgehead atoms. The molecule has 112 valence electrons. The van der Waals surface area contributed by atoms with Crippen molar-refractivity contribution in [3.8, 4) is 0 Å². The van der Waals surface area contributed by atoms with Crippen LogP contribution in [0.15, 0.2) is 35.2 Å². The third kappa shape index (κ3) is 3.40. The zero-order chi connectivity index (χ0) is 15.6. The molecule has 0 atom stereocenters. The number of carboxylic acid groups (broad SMARTS) is 1. The van der Waals surface area contributed by atoms with E-state index in [4.69, 9.17) is 5.11 Å². The molecule has 2 aromatic rings. The summed E-state index contributed by atoms with van der Waals surface area (Å²) < 4.78 is 26.5. The van der Waals surface area contributed by atoms with Crippen LogP contribution in [0.4, 0.5) is 5.82 Å². The van der Waals surface area contributed by atoms with Gasteiger partial charge in [0.2, 0.25) is 0 Å². The van der Waals surface area contributed by atoms with E-state index in [0.717, 1.165) is 11.6 Å². The predicted molar refractivity (Wildman–Crippen MR) is 76.9 cm³/mol. The van der Waals surface area contributed by atoms with Crippen LogP contribution in [0.2, 0.25) is 0 Å². The monoisotopic (exact) mass is 309 g/mol. The van der Waals surface area contributed by atoms with E-state index >= 15 is 0 Å². The molecule has 21 heavy (non-hydrogen) atoms. The summed E-state index contributed by atoms with van der Waals surface area (Å²) in [6.07, 6.45) is 0. The molecular weight excluding hydrogens is 294 g/mol. The maximum atomic E-state index is 12.1. The first-order chi connectivity index (χ1) is 9.79. The molecule has 1 aromatic carbocycles. The van der Waals surface area contributed by atoms with Gasteiger partial charge in [-0.3, -0.25) is 9.82 Å². The van der Waals surface area contributed by atoms with Gasteiger partial charge in [0.05, 0.1) is 4.90 Å². The van der Waals surface area contributed by atoms with E-state index in [-0.39, 0.29) is 16.4 Å². The quantitative estimate of drug-likeness (QED) is 0.782. The molecule has 0 aliphatic rings. The van der Waals surface area contributed by atoms with Gasteiger partial charge in [-0.05, 0) is 23.6 Å². The van der Waals surface area contributed by atoms with Crippen molar-refractivity contribution in [2.45, 2.75) is 24.7 Å². The molecule has 7 nitrogen and oxygen atoms in total. The summed E-state index contributed by atoms with van der Waals surface area (Å²) >= 11 is 0. The number of benzene rings is 1. The third-order valence-corrected chi connectivity index (χ3v) is 4.27. The van der Waals surface area contributed by atoms with E-state index in [9.17, 15) is 13.2 Å². The molecule has 0 unspecified atom stereocenters. The fourth-order valence-corrected chi connectivity index (χ4v) is 2.70. The molecular formula is C13H15N3O4S. The molecule has 0 amide bonds. The highest BCUT2D eigenvalue weighted by molar-refractivity contribution is 7.92. The Morgan fingerprint density at radius 3 is 2.38 bits per heavy atom. The van der Waals surface area contributed by atoms with Gasteiger partial charge in [-0.1, -0.05) is 26.0 Å². The molecule has 8 heteroatoms. The average molecular weight is 309 g/mol. The number of sulfonamides is 1. The highest BCUT2D eigenvalue weighted by Gasteiger charge is 2.17. The zero-order valence-corrected chi connectivity index (χ0v) is 12.3. The van der Waals surface area contributed by atoms with Crippen molar-refractivity contribution in [1.29, 1.82) is 0 Å². The molecule has 0 saturated carbocycles. The summed E-state index contributed by atoms with van der Waals surface area (Å²) in [7, 11) is -3.79. The molecule has 0 spiro atoms. The van der Waals surface area contributed by atoms with Crippen LogP contribution >= 0.6 is 0 Å². The maximum Gasteiger partial charge on any atom is 0.353 e. The summed E-state index contributed by atoms with van der Waals surface area (Å²) in [5.74, 6) is -0.978. The van der Waals surface area contributed by atoms with Crippen molar-refractivity contribution in [2.75, 3.05) is 4.72 Å². The average Bonchev–Trinajstić information content (AvgIpc) is 2.87. The Hall–Kier alpha value is -2.35. The van der Waals surface area contributed by atoms with Gasteiger partial charge in [-0.2, -0.15) is 5.10 Å². The Bertz CT molecular complexity index is 748. The van der Waals surface area contributed by atoms with Crippen LogP contribution in [-0.2, 0) is 10.0 Å². The highest BCUT2D eigenvalue weighted by Crippen LogP contribution is 2.19. The molecule has 1 aromatic heterocycles. The van der Waals surface area contributed by atoms with Gasteiger partial charge in [0.25, 0.3) is 10.0 Å². The minimum Gasteiger partial charge on any atom is -0.477 e. The van der Waals surface area contributed by atoms with Gasteiger partial charge in [-0.25, -0.2) is 13.2 Å². The van der Waals surface area contributed by atoms with Crippen LogP contribution in [0.5, 0.6) is 0 Å². The lowest BCUT2D eigenvalue weighted by atomic mass is 10.0. The molecule has 0 aliphatic carbocycles. The summed E-state index contributed by atoms with van der Waals surface area (Å²) in [5, 5.41) is 14.6. The number of hydrogen-bond acceptors (Lipinski definition) is 4. The summed E-state index contributed by atoms with van der Waals surface area (Å²) in [5.41, 5.74) is 0.838. The zero-order valence-electron chi connectivity index (χ0n) is 11.5. The van der Waals surface area contributed by atoms with Gasteiger partial charge in [0.1, 0.15) is 5.69 Å². The summed E-state index contributed by atoms with van der Waals surface area (Å²) in [6.45, 7) is 4.03. The van der Waals surface area contributed by atoms with Crippen LogP contribution in [0.25, 0.3) is 0 Å². The number of aromatic carboxylic acids is 1. The molecule has 3 N–H and O–H groups in total. The Morgan fingerprint density at radius 2 is 1.90 bits per heavy atom. The number of anilines is 1. The molecule has 1 heterocycles. The highest BCUT2D eigenvalue weighted by atomic mass is 32.2. The predicted octanol–water partition coefficient (Wildman–Crippen LogP) is 2.03. The van der Waals surface area contributed by atoms with Crippen molar-refractivity contribution in [2.24, 2.45) is 0 Å². The second-order valence-electron chi connectivity index (χ2n) is 4.80. The number of aromatic nitrogens is 2. The molecule has 0 fully saturated rings. The van der Waals surface area contributed by atoms with Gasteiger partial charge < -0.3 is 5.11 Å². The fourth-order valence-electron chi connectivity index (χ4n) is 1.71.